The number of amides is 6. The topological polar surface area (TPSA) is 260 Å². The lowest BCUT2D eigenvalue weighted by Gasteiger charge is -2.33. The summed E-state index contributed by atoms with van der Waals surface area (Å²) >= 11 is 11.4. The van der Waals surface area contributed by atoms with E-state index >= 15 is 0 Å². The van der Waals surface area contributed by atoms with Crippen molar-refractivity contribution in [1.82, 2.24) is 19.6 Å². The van der Waals surface area contributed by atoms with Crippen LogP contribution in [-0.2, 0) is 28.5 Å². The molecular formula is C43H60I6N6O15. The fraction of sp³-hybridized carbons (Fsp3) is 0.581. The highest BCUT2D eigenvalue weighted by atomic mass is 127. The number of nitrogens with zero attached hydrogens (tertiary/aromatic N) is 6. The average Bonchev–Trinajstić information content (AvgIpc) is 3.25. The summed E-state index contributed by atoms with van der Waals surface area (Å²) in [5, 5.41) is 54.2. The molecular weight excluding hydrogens is 1600 g/mol. The molecule has 0 radical (unpaired) electrons. The number of aliphatic hydroxyl groups excluding tert-OH is 5. The molecule has 4 unspecified atom stereocenters. The van der Waals surface area contributed by atoms with E-state index in [2.05, 4.69) is 0 Å². The third kappa shape index (κ3) is 17.1. The molecule has 0 spiro atoms. The Kier molecular flexibility index (Phi) is 28.7. The van der Waals surface area contributed by atoms with Crippen molar-refractivity contribution in [2.75, 3.05) is 132 Å². The van der Waals surface area contributed by atoms with Gasteiger partial charge in [-0.3, -0.25) is 28.8 Å². The largest absolute Gasteiger partial charge is 0.389 e. The lowest BCUT2D eigenvalue weighted by atomic mass is 10.0. The molecule has 2 aromatic carbocycles. The number of carbonyl (C=O) groups is 6. The van der Waals surface area contributed by atoms with Gasteiger partial charge in [0.15, 0.2) is 0 Å². The summed E-state index contributed by atoms with van der Waals surface area (Å²) in [4.78, 5) is 92.6. The first-order valence-electron chi connectivity index (χ1n) is 21.0. The second-order valence-electron chi connectivity index (χ2n) is 16.2. The molecule has 70 heavy (non-hydrogen) atoms. The summed E-state index contributed by atoms with van der Waals surface area (Å²) in [6, 6.07) is 0. The zero-order chi connectivity index (χ0) is 53.6. The Morgan fingerprint density at radius 3 is 0.757 bits per heavy atom. The molecule has 0 aliphatic heterocycles. The first kappa shape index (κ1) is 65.4. The summed E-state index contributed by atoms with van der Waals surface area (Å²) in [5.74, 6) is -3.68. The second-order valence-corrected chi connectivity index (χ2v) is 22.6. The zero-order valence-electron chi connectivity index (χ0n) is 40.2. The summed E-state index contributed by atoms with van der Waals surface area (Å²) < 4.78 is 21.5. The minimum atomic E-state index is -1.57. The quantitative estimate of drug-likeness (QED) is 0.0848. The summed E-state index contributed by atoms with van der Waals surface area (Å²) in [6.07, 6.45) is -5.82. The van der Waals surface area contributed by atoms with Crippen LogP contribution in [-0.4, -0.2) is 233 Å². The molecule has 27 heteroatoms. The average molecular weight is 1660 g/mol. The zero-order valence-corrected chi connectivity index (χ0v) is 53.2. The van der Waals surface area contributed by atoms with Crippen LogP contribution >= 0.6 is 136 Å². The van der Waals surface area contributed by atoms with Gasteiger partial charge >= 0.3 is 0 Å². The summed E-state index contributed by atoms with van der Waals surface area (Å²) in [7, 11) is 11.4. The lowest BCUT2D eigenvalue weighted by Crippen LogP contribution is -2.46. The maximum absolute atomic E-state index is 14.4. The van der Waals surface area contributed by atoms with Crippen LogP contribution in [0.15, 0.2) is 0 Å². The Morgan fingerprint density at radius 2 is 0.586 bits per heavy atom. The number of likely N-dealkylation sites (N-methyl/N-ethyl adjacent to an activating group) is 4. The first-order chi connectivity index (χ1) is 32.6. The van der Waals surface area contributed by atoms with Gasteiger partial charge in [0.1, 0.15) is 0 Å². The van der Waals surface area contributed by atoms with Gasteiger partial charge in [-0.15, -0.1) is 0 Å². The number of benzene rings is 2. The number of methoxy groups -OCH3 is 4. The van der Waals surface area contributed by atoms with E-state index in [9.17, 15) is 54.3 Å². The van der Waals surface area contributed by atoms with Gasteiger partial charge in [0.25, 0.3) is 23.6 Å². The minimum absolute atomic E-state index is 0.0147. The van der Waals surface area contributed by atoms with Crippen molar-refractivity contribution in [3.8, 4) is 0 Å². The summed E-state index contributed by atoms with van der Waals surface area (Å²) in [6.45, 7) is 0.528. The molecule has 0 saturated carbocycles. The van der Waals surface area contributed by atoms with E-state index in [1.165, 1.54) is 99.9 Å². The molecule has 2 rings (SSSR count). The van der Waals surface area contributed by atoms with Crippen molar-refractivity contribution < 1.29 is 73.2 Å². The van der Waals surface area contributed by atoms with Crippen molar-refractivity contribution >= 4 is 182 Å². The lowest BCUT2D eigenvalue weighted by molar-refractivity contribution is -0.117. The van der Waals surface area contributed by atoms with Crippen molar-refractivity contribution in [3.05, 3.63) is 43.7 Å². The van der Waals surface area contributed by atoms with E-state index in [-0.39, 0.29) is 108 Å². The highest BCUT2D eigenvalue weighted by molar-refractivity contribution is 14.1. The standard InChI is InChI=1S/C43H60I6N6O15/c1-21(56)54(38-34(46)28(40(63)50(3)11-24(59)17-67-7)32(44)29(35(38)47)41(64)51(4)12-25(60)18-68-8)15-23(58)16-55(22(2)57)39-36(48)30(42(65)52(5)13-26(61)19-69-9)33(45)31(37(39)49)43(66)53(6)14-27(62)20-70-10/h23-27,58-62H,11-20H2,1-10H3. The number of hydrogen-bond donors (Lipinski definition) is 5. The monoisotopic (exact) mass is 1660 g/mol. The Labute approximate surface area is 489 Å². The number of ether oxygens (including phenoxy) is 4. The van der Waals surface area contributed by atoms with Crippen molar-refractivity contribution in [1.29, 1.82) is 0 Å². The molecule has 21 nitrogen and oxygen atoms in total. The molecule has 0 aliphatic rings. The molecule has 4 atom stereocenters. The normalized spacial score (nSPS) is 13.5. The highest BCUT2D eigenvalue weighted by Crippen LogP contribution is 2.41. The molecule has 0 fully saturated rings. The van der Waals surface area contributed by atoms with Crippen LogP contribution in [0, 0.1) is 21.4 Å². The fourth-order valence-electron chi connectivity index (χ4n) is 7.10. The predicted octanol–water partition coefficient (Wildman–Crippen LogP) is 2.40. The SMILES string of the molecule is COCC(O)CN(C)C(=O)c1c(I)c(C(=O)N(C)CC(O)COC)c(I)c(N(CC(O)CN(C(C)=O)c2c(I)c(C(=O)N(C)CC(O)COC)c(I)c(C(=O)N(C)CC(O)COC)c2I)C(C)=O)c1I. The van der Waals surface area contributed by atoms with E-state index in [4.69, 9.17) is 18.9 Å². The van der Waals surface area contributed by atoms with Crippen LogP contribution in [0.3, 0.4) is 0 Å². The smallest absolute Gasteiger partial charge is 0.255 e. The van der Waals surface area contributed by atoms with Crippen molar-refractivity contribution in [2.24, 2.45) is 0 Å². The predicted molar refractivity (Wildman–Crippen MR) is 311 cm³/mol. The van der Waals surface area contributed by atoms with E-state index in [1.54, 1.807) is 0 Å². The molecule has 0 heterocycles. The molecule has 0 saturated heterocycles. The van der Waals surface area contributed by atoms with Gasteiger partial charge in [0, 0.05) is 104 Å². The molecule has 394 valence electrons. The highest BCUT2D eigenvalue weighted by Gasteiger charge is 2.37. The van der Waals surface area contributed by atoms with E-state index in [0.717, 1.165) is 0 Å². The molecule has 5 N–H and O–H groups in total. The van der Waals surface area contributed by atoms with E-state index < -0.39 is 79.1 Å². The number of aliphatic hydroxyl groups is 5. The van der Waals surface area contributed by atoms with Gasteiger partial charge in [0.2, 0.25) is 11.8 Å². The van der Waals surface area contributed by atoms with Crippen LogP contribution in [0.5, 0.6) is 0 Å². The van der Waals surface area contributed by atoms with Crippen LogP contribution in [0.1, 0.15) is 55.3 Å². The number of halogens is 6. The Hall–Kier alpha value is -0.720. The number of anilines is 2. The molecule has 0 aromatic heterocycles. The summed E-state index contributed by atoms with van der Waals surface area (Å²) in [5.41, 5.74) is 0.230. The van der Waals surface area contributed by atoms with Crippen LogP contribution in [0.4, 0.5) is 11.4 Å². The van der Waals surface area contributed by atoms with Gasteiger partial charge in [-0.25, -0.2) is 0 Å². The van der Waals surface area contributed by atoms with Gasteiger partial charge in [-0.05, 0) is 136 Å². The van der Waals surface area contributed by atoms with Crippen LogP contribution in [0.2, 0.25) is 0 Å². The maximum atomic E-state index is 14.4. The van der Waals surface area contributed by atoms with Gasteiger partial charge < -0.3 is 73.9 Å². The Bertz CT molecular complexity index is 1950. The Balaban J connectivity index is 2.97. The van der Waals surface area contributed by atoms with Crippen molar-refractivity contribution in [3.63, 3.8) is 0 Å². The second kappa shape index (κ2) is 30.7. The van der Waals surface area contributed by atoms with Crippen LogP contribution < -0.4 is 9.80 Å². The number of rotatable bonds is 26. The van der Waals surface area contributed by atoms with Gasteiger partial charge in [-0.2, -0.15) is 0 Å². The third-order valence-electron chi connectivity index (χ3n) is 10.3. The first-order valence-corrected chi connectivity index (χ1v) is 27.5. The Morgan fingerprint density at radius 1 is 0.386 bits per heavy atom. The maximum Gasteiger partial charge on any atom is 0.255 e. The van der Waals surface area contributed by atoms with Crippen molar-refractivity contribution in [2.45, 2.75) is 44.4 Å². The van der Waals surface area contributed by atoms with Gasteiger partial charge in [0.05, 0.1) is 118 Å². The minimum Gasteiger partial charge on any atom is -0.389 e. The molecule has 0 aliphatic carbocycles. The van der Waals surface area contributed by atoms with Crippen LogP contribution in [0.25, 0.3) is 0 Å². The fourth-order valence-corrected chi connectivity index (χ4v) is 16.4. The third-order valence-corrected chi connectivity index (χ3v) is 16.6. The molecule has 6 amide bonds. The number of carbonyl (C=O) groups excluding carboxylic acids is 6. The van der Waals surface area contributed by atoms with E-state index in [1.807, 2.05) is 136 Å². The van der Waals surface area contributed by atoms with Gasteiger partial charge in [-0.1, -0.05) is 0 Å². The molecule has 2 aromatic rings. The van der Waals surface area contributed by atoms with E-state index in [0.29, 0.717) is 0 Å². The number of hydrogen-bond acceptors (Lipinski definition) is 15. The molecule has 0 bridgehead atoms.